The van der Waals surface area contributed by atoms with E-state index in [2.05, 4.69) is 11.5 Å². The predicted octanol–water partition coefficient (Wildman–Crippen LogP) is 2.00. The third-order valence-corrected chi connectivity index (χ3v) is 2.43. The molecule has 2 rings (SSSR count). The van der Waals surface area contributed by atoms with Gasteiger partial charge in [-0.05, 0) is 36.3 Å². The standard InChI is InChI=1S/C12H12O4/c1-8(16-14)11-5-4-10-3-2-9(7-13)6-12(10)15-11/h2-3,5-6,13-14H,1,4,7H2. The average molecular weight is 220 g/mol. The summed E-state index contributed by atoms with van der Waals surface area (Å²) in [5, 5.41) is 17.5. The van der Waals surface area contributed by atoms with Gasteiger partial charge in [0.15, 0.2) is 11.5 Å². The molecular weight excluding hydrogens is 208 g/mol. The second-order valence-electron chi connectivity index (χ2n) is 3.49. The normalized spacial score (nSPS) is 13.5. The largest absolute Gasteiger partial charge is 0.453 e. The van der Waals surface area contributed by atoms with Crippen LogP contribution < -0.4 is 4.74 Å². The number of hydrogen-bond donors (Lipinski definition) is 2. The third kappa shape index (κ3) is 1.93. The Hall–Kier alpha value is -1.78. The van der Waals surface area contributed by atoms with Crippen LogP contribution in [0.3, 0.4) is 0 Å². The van der Waals surface area contributed by atoms with E-state index in [9.17, 15) is 0 Å². The molecule has 0 aromatic heterocycles. The Morgan fingerprint density at radius 2 is 2.31 bits per heavy atom. The molecule has 1 heterocycles. The summed E-state index contributed by atoms with van der Waals surface area (Å²) in [7, 11) is 0. The molecule has 0 aliphatic carbocycles. The molecule has 16 heavy (non-hydrogen) atoms. The number of rotatable bonds is 3. The van der Waals surface area contributed by atoms with Crippen molar-refractivity contribution in [3.8, 4) is 5.75 Å². The summed E-state index contributed by atoms with van der Waals surface area (Å²) in [5.41, 5.74) is 1.79. The van der Waals surface area contributed by atoms with Gasteiger partial charge in [-0.25, -0.2) is 5.26 Å². The van der Waals surface area contributed by atoms with Crippen molar-refractivity contribution in [1.29, 1.82) is 0 Å². The number of benzene rings is 1. The van der Waals surface area contributed by atoms with Gasteiger partial charge in [0.25, 0.3) is 0 Å². The van der Waals surface area contributed by atoms with E-state index in [0.717, 1.165) is 11.1 Å². The SMILES string of the molecule is C=C(OO)C1=CCc2ccc(CO)cc2O1. The van der Waals surface area contributed by atoms with Gasteiger partial charge in [-0.3, -0.25) is 0 Å². The lowest BCUT2D eigenvalue weighted by molar-refractivity contribution is -0.202. The zero-order valence-corrected chi connectivity index (χ0v) is 8.64. The first-order valence-corrected chi connectivity index (χ1v) is 4.86. The lowest BCUT2D eigenvalue weighted by Crippen LogP contribution is -2.08. The Balaban J connectivity index is 2.27. The fourth-order valence-corrected chi connectivity index (χ4v) is 1.54. The first-order valence-electron chi connectivity index (χ1n) is 4.86. The van der Waals surface area contributed by atoms with Crippen molar-refractivity contribution in [2.45, 2.75) is 13.0 Å². The van der Waals surface area contributed by atoms with Gasteiger partial charge in [-0.15, -0.1) is 0 Å². The van der Waals surface area contributed by atoms with Crippen LogP contribution in [-0.4, -0.2) is 10.4 Å². The van der Waals surface area contributed by atoms with Crippen LogP contribution in [0.25, 0.3) is 0 Å². The molecule has 4 nitrogen and oxygen atoms in total. The van der Waals surface area contributed by atoms with Crippen LogP contribution in [0.4, 0.5) is 0 Å². The Bertz CT molecular complexity index is 448. The molecule has 0 fully saturated rings. The molecule has 1 aromatic rings. The molecule has 0 radical (unpaired) electrons. The minimum Gasteiger partial charge on any atom is -0.453 e. The fourth-order valence-electron chi connectivity index (χ4n) is 1.54. The molecule has 0 atom stereocenters. The van der Waals surface area contributed by atoms with Crippen molar-refractivity contribution >= 4 is 0 Å². The Morgan fingerprint density at radius 3 is 3.00 bits per heavy atom. The monoisotopic (exact) mass is 220 g/mol. The molecule has 1 aliphatic rings. The van der Waals surface area contributed by atoms with Gasteiger partial charge in [0, 0.05) is 0 Å². The van der Waals surface area contributed by atoms with Crippen molar-refractivity contribution in [2.24, 2.45) is 0 Å². The van der Waals surface area contributed by atoms with Gasteiger partial charge in [-0.1, -0.05) is 12.1 Å². The summed E-state index contributed by atoms with van der Waals surface area (Å²) < 4.78 is 5.49. The second kappa shape index (κ2) is 4.38. The van der Waals surface area contributed by atoms with Crippen molar-refractivity contribution in [2.75, 3.05) is 0 Å². The van der Waals surface area contributed by atoms with Crippen molar-refractivity contribution in [1.82, 2.24) is 0 Å². The molecule has 0 spiro atoms. The zero-order chi connectivity index (χ0) is 11.5. The molecule has 0 amide bonds. The predicted molar refractivity (Wildman–Crippen MR) is 57.6 cm³/mol. The second-order valence-corrected chi connectivity index (χ2v) is 3.49. The zero-order valence-electron chi connectivity index (χ0n) is 8.64. The van der Waals surface area contributed by atoms with Crippen LogP contribution in [0.5, 0.6) is 5.75 Å². The molecule has 84 valence electrons. The smallest absolute Gasteiger partial charge is 0.200 e. The van der Waals surface area contributed by atoms with Crippen molar-refractivity contribution in [3.05, 3.63) is 53.5 Å². The van der Waals surface area contributed by atoms with Crippen LogP contribution in [0.1, 0.15) is 11.1 Å². The van der Waals surface area contributed by atoms with Gasteiger partial charge in [0.1, 0.15) is 5.75 Å². The van der Waals surface area contributed by atoms with Crippen LogP contribution >= 0.6 is 0 Å². The molecule has 1 aromatic carbocycles. The molecule has 1 aliphatic heterocycles. The van der Waals surface area contributed by atoms with Crippen LogP contribution in [0.2, 0.25) is 0 Å². The van der Waals surface area contributed by atoms with E-state index >= 15 is 0 Å². The maximum atomic E-state index is 9.01. The highest BCUT2D eigenvalue weighted by molar-refractivity contribution is 5.43. The topological polar surface area (TPSA) is 58.9 Å². The maximum absolute atomic E-state index is 9.01. The van der Waals surface area contributed by atoms with Crippen molar-refractivity contribution in [3.63, 3.8) is 0 Å². The number of hydrogen-bond acceptors (Lipinski definition) is 4. The van der Waals surface area contributed by atoms with E-state index in [4.69, 9.17) is 15.1 Å². The highest BCUT2D eigenvalue weighted by atomic mass is 17.1. The van der Waals surface area contributed by atoms with E-state index in [1.807, 2.05) is 12.1 Å². The maximum Gasteiger partial charge on any atom is 0.200 e. The highest BCUT2D eigenvalue weighted by Crippen LogP contribution is 2.29. The molecule has 0 bridgehead atoms. The number of ether oxygens (including phenoxy) is 1. The Labute approximate surface area is 93.0 Å². The highest BCUT2D eigenvalue weighted by Gasteiger charge is 2.16. The number of fused-ring (bicyclic) bond motifs is 1. The number of aliphatic hydroxyl groups is 1. The average Bonchev–Trinajstić information content (AvgIpc) is 2.36. The first kappa shape index (κ1) is 10.7. The summed E-state index contributed by atoms with van der Waals surface area (Å²) in [6.07, 6.45) is 2.46. The first-order chi connectivity index (χ1) is 7.74. The van der Waals surface area contributed by atoms with Crippen molar-refractivity contribution < 1.29 is 20.0 Å². The van der Waals surface area contributed by atoms with Gasteiger partial charge >= 0.3 is 0 Å². The summed E-state index contributed by atoms with van der Waals surface area (Å²) in [6, 6.07) is 5.50. The van der Waals surface area contributed by atoms with E-state index in [0.29, 0.717) is 17.9 Å². The molecule has 0 saturated heterocycles. The summed E-state index contributed by atoms with van der Waals surface area (Å²) >= 11 is 0. The van der Waals surface area contributed by atoms with E-state index in [-0.39, 0.29) is 12.4 Å². The Morgan fingerprint density at radius 1 is 1.50 bits per heavy atom. The minimum atomic E-state index is -0.0346. The molecule has 0 saturated carbocycles. The molecule has 0 unspecified atom stereocenters. The molecule has 2 N–H and O–H groups in total. The van der Waals surface area contributed by atoms with Crippen LogP contribution in [-0.2, 0) is 17.9 Å². The lowest BCUT2D eigenvalue weighted by Gasteiger charge is -2.18. The fraction of sp³-hybridized carbons (Fsp3) is 0.167. The number of aliphatic hydroxyl groups excluding tert-OH is 1. The van der Waals surface area contributed by atoms with Gasteiger partial charge in [0.05, 0.1) is 6.61 Å². The summed E-state index contributed by atoms with van der Waals surface area (Å²) in [5.74, 6) is 1.12. The number of allylic oxidation sites excluding steroid dienone is 1. The van der Waals surface area contributed by atoms with E-state index in [1.165, 1.54) is 0 Å². The van der Waals surface area contributed by atoms with E-state index in [1.54, 1.807) is 12.1 Å². The molecular formula is C12H12O4. The minimum absolute atomic E-state index is 0.0346. The summed E-state index contributed by atoms with van der Waals surface area (Å²) in [6.45, 7) is 3.46. The lowest BCUT2D eigenvalue weighted by atomic mass is 10.1. The van der Waals surface area contributed by atoms with Gasteiger partial charge < -0.3 is 14.7 Å². The third-order valence-electron chi connectivity index (χ3n) is 2.43. The van der Waals surface area contributed by atoms with Crippen LogP contribution in [0.15, 0.2) is 42.4 Å². The molecule has 4 heteroatoms. The van der Waals surface area contributed by atoms with Gasteiger partial charge in [-0.2, -0.15) is 0 Å². The summed E-state index contributed by atoms with van der Waals surface area (Å²) in [4.78, 5) is 4.02. The Kier molecular flexibility index (Phi) is 2.94. The quantitative estimate of drug-likeness (QED) is 0.464. The van der Waals surface area contributed by atoms with Crippen LogP contribution in [0, 0.1) is 0 Å². The van der Waals surface area contributed by atoms with E-state index < -0.39 is 0 Å². The van der Waals surface area contributed by atoms with Gasteiger partial charge in [0.2, 0.25) is 0 Å².